The fourth-order valence-electron chi connectivity index (χ4n) is 2.40. The summed E-state index contributed by atoms with van der Waals surface area (Å²) in [6.07, 6.45) is 0.727. The first kappa shape index (κ1) is 21.7. The maximum absolute atomic E-state index is 12.3. The van der Waals surface area contributed by atoms with Crippen molar-refractivity contribution in [3.05, 3.63) is 71.3 Å². The molecule has 2 aromatic carbocycles. The molecule has 152 valence electrons. The van der Waals surface area contributed by atoms with E-state index in [2.05, 4.69) is 10.6 Å². The van der Waals surface area contributed by atoms with E-state index >= 15 is 0 Å². The summed E-state index contributed by atoms with van der Waals surface area (Å²) in [6.45, 7) is 5.90. The van der Waals surface area contributed by atoms with Gasteiger partial charge in [0.1, 0.15) is 5.75 Å². The average Bonchev–Trinajstić information content (AvgIpc) is 2.66. The van der Waals surface area contributed by atoms with Gasteiger partial charge < -0.3 is 20.1 Å². The molecule has 2 aromatic rings. The summed E-state index contributed by atoms with van der Waals surface area (Å²) in [5.74, 6) is -0.178. The second-order valence-corrected chi connectivity index (χ2v) is 6.40. The largest absolute Gasteiger partial charge is 0.513 e. The number of ether oxygens (including phenoxy) is 2. The highest BCUT2D eigenvalue weighted by Gasteiger charge is 2.09. The summed E-state index contributed by atoms with van der Waals surface area (Å²) < 4.78 is 9.65. The van der Waals surface area contributed by atoms with Crippen LogP contribution in [0.15, 0.2) is 60.2 Å². The first-order valence-corrected chi connectivity index (χ1v) is 9.15. The molecule has 0 aliphatic carbocycles. The number of benzene rings is 2. The fourth-order valence-corrected chi connectivity index (χ4v) is 2.40. The van der Waals surface area contributed by atoms with Crippen LogP contribution in [0.2, 0.25) is 0 Å². The number of allylic oxidation sites excluding steroid dienone is 1. The summed E-state index contributed by atoms with van der Waals surface area (Å²) in [6, 6.07) is 13.4. The zero-order chi connectivity index (χ0) is 21.2. The molecule has 7 nitrogen and oxygen atoms in total. The molecule has 0 saturated carbocycles. The molecule has 0 fully saturated rings. The van der Waals surface area contributed by atoms with E-state index in [9.17, 15) is 14.4 Å². The lowest BCUT2D eigenvalue weighted by molar-refractivity contribution is -0.111. The van der Waals surface area contributed by atoms with Crippen molar-refractivity contribution >= 4 is 23.7 Å². The molecule has 0 spiro atoms. The molecule has 0 aliphatic heterocycles. The molecule has 2 rings (SSSR count). The molecule has 29 heavy (non-hydrogen) atoms. The Kier molecular flexibility index (Phi) is 7.97. The van der Waals surface area contributed by atoms with Gasteiger partial charge in [0, 0.05) is 23.9 Å². The molecule has 0 atom stereocenters. The lowest BCUT2D eigenvalue weighted by Crippen LogP contribution is -2.22. The van der Waals surface area contributed by atoms with Crippen LogP contribution in [0.25, 0.3) is 0 Å². The van der Waals surface area contributed by atoms with E-state index in [1.807, 2.05) is 19.9 Å². The van der Waals surface area contributed by atoms with Gasteiger partial charge >= 0.3 is 6.16 Å². The summed E-state index contributed by atoms with van der Waals surface area (Å²) in [7, 11) is 0. The Balaban J connectivity index is 1.92. The highest BCUT2D eigenvalue weighted by molar-refractivity contribution is 5.99. The Morgan fingerprint density at radius 3 is 2.41 bits per heavy atom. The molecule has 2 N–H and O–H groups in total. The van der Waals surface area contributed by atoms with E-state index < -0.39 is 6.16 Å². The van der Waals surface area contributed by atoms with Gasteiger partial charge in [0.2, 0.25) is 5.91 Å². The van der Waals surface area contributed by atoms with Crippen LogP contribution in [0.3, 0.4) is 0 Å². The van der Waals surface area contributed by atoms with Gasteiger partial charge in [0.25, 0.3) is 5.91 Å². The van der Waals surface area contributed by atoms with E-state index in [1.54, 1.807) is 37.3 Å². The van der Waals surface area contributed by atoms with Crippen LogP contribution >= 0.6 is 0 Å². The normalized spacial score (nSPS) is 9.90. The van der Waals surface area contributed by atoms with Gasteiger partial charge in [-0.25, -0.2) is 4.79 Å². The summed E-state index contributed by atoms with van der Waals surface area (Å²) in [5.41, 5.74) is 2.83. The second-order valence-electron chi connectivity index (χ2n) is 6.40. The minimum Gasteiger partial charge on any atom is -0.434 e. The van der Waals surface area contributed by atoms with Crippen molar-refractivity contribution in [2.45, 2.75) is 27.3 Å². The fraction of sp³-hybridized carbons (Fsp3) is 0.227. The Morgan fingerprint density at radius 1 is 1.03 bits per heavy atom. The van der Waals surface area contributed by atoms with E-state index in [1.165, 1.54) is 18.2 Å². The second kappa shape index (κ2) is 10.7. The van der Waals surface area contributed by atoms with Crippen molar-refractivity contribution < 1.29 is 23.9 Å². The summed E-state index contributed by atoms with van der Waals surface area (Å²) in [5, 5.41) is 5.60. The molecule has 7 heteroatoms. The number of nitrogens with one attached hydrogen (secondary N) is 2. The van der Waals surface area contributed by atoms with Gasteiger partial charge in [-0.2, -0.15) is 0 Å². The minimum absolute atomic E-state index is 0.198. The quantitative estimate of drug-likeness (QED) is 0.418. The molecular formula is C22H24N2O5. The highest BCUT2D eigenvalue weighted by atomic mass is 16.7. The van der Waals surface area contributed by atoms with Crippen LogP contribution in [-0.4, -0.2) is 24.6 Å². The molecule has 0 aromatic heterocycles. The third-order valence-electron chi connectivity index (χ3n) is 3.65. The van der Waals surface area contributed by atoms with Gasteiger partial charge in [0.05, 0.1) is 6.61 Å². The number of hydrogen-bond donors (Lipinski definition) is 2. The van der Waals surface area contributed by atoms with Crippen LogP contribution in [-0.2, 0) is 16.1 Å². The van der Waals surface area contributed by atoms with Crippen molar-refractivity contribution in [2.24, 2.45) is 0 Å². The van der Waals surface area contributed by atoms with Crippen molar-refractivity contribution in [3.8, 4) is 5.75 Å². The van der Waals surface area contributed by atoms with Crippen LogP contribution in [0.5, 0.6) is 5.75 Å². The lowest BCUT2D eigenvalue weighted by Gasteiger charge is -2.09. The first-order valence-electron chi connectivity index (χ1n) is 9.15. The molecule has 0 bridgehead atoms. The summed E-state index contributed by atoms with van der Waals surface area (Å²) >= 11 is 0. The van der Waals surface area contributed by atoms with Crippen molar-refractivity contribution in [3.63, 3.8) is 0 Å². The minimum atomic E-state index is -0.790. The highest BCUT2D eigenvalue weighted by Crippen LogP contribution is 2.14. The van der Waals surface area contributed by atoms with Crippen molar-refractivity contribution in [1.82, 2.24) is 5.32 Å². The Labute approximate surface area is 169 Å². The first-order chi connectivity index (χ1) is 13.9. The number of hydrogen-bond acceptors (Lipinski definition) is 5. The predicted octanol–water partition coefficient (Wildman–Crippen LogP) is 4.06. The van der Waals surface area contributed by atoms with E-state index in [0.717, 1.165) is 11.1 Å². The van der Waals surface area contributed by atoms with Gasteiger partial charge in [0.15, 0.2) is 0 Å². The molecule has 0 heterocycles. The molecular weight excluding hydrogens is 372 g/mol. The Hall–Kier alpha value is -3.61. The molecule has 0 radical (unpaired) electrons. The summed E-state index contributed by atoms with van der Waals surface area (Å²) in [4.78, 5) is 35.4. The van der Waals surface area contributed by atoms with Crippen molar-refractivity contribution in [2.75, 3.05) is 11.9 Å². The molecule has 2 amide bonds. The maximum atomic E-state index is 12.3. The van der Waals surface area contributed by atoms with Crippen LogP contribution in [0, 0.1) is 0 Å². The van der Waals surface area contributed by atoms with Gasteiger partial charge in [-0.15, -0.1) is 0 Å². The number of rotatable bonds is 7. The van der Waals surface area contributed by atoms with Crippen molar-refractivity contribution in [1.29, 1.82) is 0 Å². The molecule has 0 unspecified atom stereocenters. The topological polar surface area (TPSA) is 93.7 Å². The molecule has 0 saturated heterocycles. The SMILES string of the molecule is CCOC(=O)Oc1ccc(C(=O)NCc2cccc(NC(=O)C=C(C)C)c2)cc1. The van der Waals surface area contributed by atoms with Gasteiger partial charge in [-0.3, -0.25) is 9.59 Å². The molecule has 0 aliphatic rings. The smallest absolute Gasteiger partial charge is 0.434 e. The van der Waals surface area contributed by atoms with E-state index in [4.69, 9.17) is 9.47 Å². The number of carbonyl (C=O) groups is 3. The Morgan fingerprint density at radius 2 is 1.76 bits per heavy atom. The third-order valence-corrected chi connectivity index (χ3v) is 3.65. The lowest BCUT2D eigenvalue weighted by atomic mass is 10.1. The zero-order valence-electron chi connectivity index (χ0n) is 16.7. The average molecular weight is 396 g/mol. The zero-order valence-corrected chi connectivity index (χ0v) is 16.7. The predicted molar refractivity (Wildman–Crippen MR) is 110 cm³/mol. The van der Waals surface area contributed by atoms with Crippen LogP contribution < -0.4 is 15.4 Å². The number of amides is 2. The van der Waals surface area contributed by atoms with Gasteiger partial charge in [-0.1, -0.05) is 17.7 Å². The van der Waals surface area contributed by atoms with Gasteiger partial charge in [-0.05, 0) is 62.7 Å². The van der Waals surface area contributed by atoms with Crippen LogP contribution in [0.1, 0.15) is 36.7 Å². The Bertz CT molecular complexity index is 900. The number of carbonyl (C=O) groups excluding carboxylic acids is 3. The maximum Gasteiger partial charge on any atom is 0.513 e. The third kappa shape index (κ3) is 7.50. The standard InChI is InChI=1S/C22H24N2O5/c1-4-28-22(27)29-19-10-8-17(9-11-19)21(26)23-14-16-6-5-7-18(13-16)24-20(25)12-15(2)3/h5-13H,4,14H2,1-3H3,(H,23,26)(H,24,25). The monoisotopic (exact) mass is 396 g/mol. The van der Waals surface area contributed by atoms with E-state index in [0.29, 0.717) is 23.5 Å². The number of anilines is 1. The van der Waals surface area contributed by atoms with Crippen LogP contribution in [0.4, 0.5) is 10.5 Å². The van der Waals surface area contributed by atoms with E-state index in [-0.39, 0.29) is 18.4 Å².